The number of halogens is 1. The third-order valence-electron chi connectivity index (χ3n) is 7.92. The maximum atomic E-state index is 14.4. The van der Waals surface area contributed by atoms with Crippen molar-refractivity contribution in [3.8, 4) is 11.5 Å². The number of ether oxygens (including phenoxy) is 2. The zero-order chi connectivity index (χ0) is 26.3. The van der Waals surface area contributed by atoms with Gasteiger partial charge in [0.15, 0.2) is 0 Å². The Morgan fingerprint density at radius 2 is 1.50 bits per heavy atom. The summed E-state index contributed by atoms with van der Waals surface area (Å²) in [6.07, 6.45) is 0. The van der Waals surface area contributed by atoms with E-state index in [2.05, 4.69) is 43.4 Å². The standard InChI is InChI=1S/C33H30FNO3/c1-32(2)30(29(22-11-5-3-6-12-22)23-13-7-4-8-14-23)33(25-15-9-10-16-27(25)35-31(33)36)26-18-17-24(37-20-19-34)21-28(26)38-32/h3-18,21,29-30H,19-20H2,1-2H3,(H,35,36)/t30?,33-/m1/s1. The fraction of sp³-hybridized carbons (Fsp3) is 0.242. The molecule has 0 bridgehead atoms. The Hall–Kier alpha value is -4.12. The summed E-state index contributed by atoms with van der Waals surface area (Å²) in [5.74, 6) is 0.554. The number of para-hydroxylation sites is 1. The number of rotatable bonds is 6. The minimum atomic E-state index is -1.04. The molecule has 2 aliphatic rings. The second kappa shape index (κ2) is 9.32. The molecule has 0 fully saturated rings. The van der Waals surface area contributed by atoms with Crippen LogP contribution in [0.25, 0.3) is 0 Å². The highest BCUT2D eigenvalue weighted by Gasteiger charge is 2.64. The van der Waals surface area contributed by atoms with Gasteiger partial charge in [0.1, 0.15) is 35.8 Å². The van der Waals surface area contributed by atoms with E-state index < -0.39 is 17.7 Å². The number of hydrogen-bond acceptors (Lipinski definition) is 3. The SMILES string of the molecule is CC1(C)Oc2cc(OCCF)ccc2[C@@]2(C(=O)Nc3ccccc32)C1C(c1ccccc1)c1ccccc1. The first-order chi connectivity index (χ1) is 18.5. The fourth-order valence-corrected chi connectivity index (χ4v) is 6.60. The Labute approximate surface area is 222 Å². The molecule has 2 atom stereocenters. The highest BCUT2D eigenvalue weighted by Crippen LogP contribution is 2.62. The first-order valence-electron chi connectivity index (χ1n) is 13.0. The highest BCUT2D eigenvalue weighted by molar-refractivity contribution is 6.10. The van der Waals surface area contributed by atoms with Crippen molar-refractivity contribution in [3.05, 3.63) is 125 Å². The molecule has 4 nitrogen and oxygen atoms in total. The third-order valence-corrected chi connectivity index (χ3v) is 7.92. The predicted octanol–water partition coefficient (Wildman–Crippen LogP) is 6.89. The van der Waals surface area contributed by atoms with E-state index in [1.807, 2.05) is 72.8 Å². The van der Waals surface area contributed by atoms with Crippen molar-refractivity contribution in [1.29, 1.82) is 0 Å². The first kappa shape index (κ1) is 24.2. The van der Waals surface area contributed by atoms with Crippen LogP contribution in [0.1, 0.15) is 42.0 Å². The van der Waals surface area contributed by atoms with Crippen LogP contribution in [0.5, 0.6) is 11.5 Å². The monoisotopic (exact) mass is 507 g/mol. The second-order valence-corrected chi connectivity index (χ2v) is 10.5. The second-order valence-electron chi connectivity index (χ2n) is 10.5. The fourth-order valence-electron chi connectivity index (χ4n) is 6.60. The van der Waals surface area contributed by atoms with Gasteiger partial charge in [-0.05, 0) is 42.7 Å². The lowest BCUT2D eigenvalue weighted by Gasteiger charge is -2.53. The van der Waals surface area contributed by atoms with Gasteiger partial charge in [-0.3, -0.25) is 4.79 Å². The van der Waals surface area contributed by atoms with Gasteiger partial charge >= 0.3 is 0 Å². The van der Waals surface area contributed by atoms with Gasteiger partial charge in [-0.2, -0.15) is 0 Å². The summed E-state index contributed by atoms with van der Waals surface area (Å²) in [5.41, 5.74) is 2.94. The number of benzene rings is 4. The van der Waals surface area contributed by atoms with E-state index in [-0.39, 0.29) is 24.3 Å². The molecule has 192 valence electrons. The lowest BCUT2D eigenvalue weighted by Crippen LogP contribution is -2.59. The van der Waals surface area contributed by atoms with Gasteiger partial charge in [0.25, 0.3) is 0 Å². The molecule has 4 aromatic carbocycles. The minimum Gasteiger partial charge on any atom is -0.491 e. The van der Waals surface area contributed by atoms with Crippen LogP contribution < -0.4 is 14.8 Å². The number of carbonyl (C=O) groups is 1. The van der Waals surface area contributed by atoms with E-state index >= 15 is 0 Å². The summed E-state index contributed by atoms with van der Waals surface area (Å²) < 4.78 is 25.2. The van der Waals surface area contributed by atoms with Crippen molar-refractivity contribution >= 4 is 11.6 Å². The van der Waals surface area contributed by atoms with Crippen LogP contribution in [0, 0.1) is 5.92 Å². The number of carbonyl (C=O) groups excluding carboxylic acids is 1. The van der Waals surface area contributed by atoms with Crippen LogP contribution in [0.15, 0.2) is 103 Å². The van der Waals surface area contributed by atoms with Crippen molar-refractivity contribution in [3.63, 3.8) is 0 Å². The van der Waals surface area contributed by atoms with Crippen LogP contribution in [-0.4, -0.2) is 24.8 Å². The summed E-state index contributed by atoms with van der Waals surface area (Å²) in [6, 6.07) is 34.1. The molecule has 38 heavy (non-hydrogen) atoms. The predicted molar refractivity (Wildman–Crippen MR) is 147 cm³/mol. The van der Waals surface area contributed by atoms with E-state index in [9.17, 15) is 9.18 Å². The van der Waals surface area contributed by atoms with Crippen LogP contribution in [0.2, 0.25) is 0 Å². The molecule has 0 saturated carbocycles. The van der Waals surface area contributed by atoms with Gasteiger partial charge in [0.2, 0.25) is 5.91 Å². The summed E-state index contributed by atoms with van der Waals surface area (Å²) >= 11 is 0. The summed E-state index contributed by atoms with van der Waals surface area (Å²) in [4.78, 5) is 14.4. The topological polar surface area (TPSA) is 47.6 Å². The Bertz CT molecular complexity index is 1430. The summed E-state index contributed by atoms with van der Waals surface area (Å²) in [6.45, 7) is 3.50. The van der Waals surface area contributed by atoms with Gasteiger partial charge in [-0.15, -0.1) is 0 Å². The highest BCUT2D eigenvalue weighted by atomic mass is 19.1. The molecule has 0 saturated heterocycles. The van der Waals surface area contributed by atoms with E-state index in [0.717, 1.165) is 27.9 Å². The lowest BCUT2D eigenvalue weighted by molar-refractivity contribution is -0.127. The van der Waals surface area contributed by atoms with E-state index in [1.165, 1.54) is 0 Å². The van der Waals surface area contributed by atoms with E-state index in [1.54, 1.807) is 6.07 Å². The van der Waals surface area contributed by atoms with Crippen LogP contribution in [0.3, 0.4) is 0 Å². The summed E-state index contributed by atoms with van der Waals surface area (Å²) in [5, 5.41) is 3.20. The Kier molecular flexibility index (Phi) is 5.94. The molecule has 1 unspecified atom stereocenters. The van der Waals surface area contributed by atoms with Crippen molar-refractivity contribution in [1.82, 2.24) is 0 Å². The van der Waals surface area contributed by atoms with Crippen LogP contribution in [-0.2, 0) is 10.2 Å². The molecule has 5 heteroatoms. The molecule has 0 aliphatic carbocycles. The summed E-state index contributed by atoms with van der Waals surface area (Å²) in [7, 11) is 0. The molecule has 6 rings (SSSR count). The molecule has 1 N–H and O–H groups in total. The normalized spacial score (nSPS) is 20.9. The molecule has 1 amide bonds. The van der Waals surface area contributed by atoms with Crippen molar-refractivity contribution < 1.29 is 18.7 Å². The zero-order valence-corrected chi connectivity index (χ0v) is 21.5. The molecule has 2 aliphatic heterocycles. The first-order valence-corrected chi connectivity index (χ1v) is 13.0. The average Bonchev–Trinajstić information content (AvgIpc) is 3.22. The Morgan fingerprint density at radius 1 is 0.868 bits per heavy atom. The molecular weight excluding hydrogens is 477 g/mol. The number of amides is 1. The van der Waals surface area contributed by atoms with Crippen molar-refractivity contribution in [2.75, 3.05) is 18.6 Å². The minimum absolute atomic E-state index is 0.0383. The van der Waals surface area contributed by atoms with Crippen molar-refractivity contribution in [2.45, 2.75) is 30.8 Å². The number of nitrogens with one attached hydrogen (secondary N) is 1. The molecule has 2 heterocycles. The Balaban J connectivity index is 1.67. The number of alkyl halides is 1. The molecule has 0 radical (unpaired) electrons. The number of hydrogen-bond donors (Lipinski definition) is 1. The number of anilines is 1. The average molecular weight is 508 g/mol. The quantitative estimate of drug-likeness (QED) is 0.309. The maximum absolute atomic E-state index is 14.4. The van der Waals surface area contributed by atoms with Gasteiger partial charge in [0, 0.05) is 29.2 Å². The zero-order valence-electron chi connectivity index (χ0n) is 21.5. The van der Waals surface area contributed by atoms with Crippen molar-refractivity contribution in [2.24, 2.45) is 5.92 Å². The van der Waals surface area contributed by atoms with E-state index in [4.69, 9.17) is 9.47 Å². The van der Waals surface area contributed by atoms with E-state index in [0.29, 0.717) is 11.5 Å². The van der Waals surface area contributed by atoms with Gasteiger partial charge in [-0.1, -0.05) is 84.9 Å². The maximum Gasteiger partial charge on any atom is 0.240 e. The van der Waals surface area contributed by atoms with Gasteiger partial charge in [0.05, 0.1) is 0 Å². The molecular formula is C33H30FNO3. The lowest BCUT2D eigenvalue weighted by atomic mass is 9.54. The Morgan fingerprint density at radius 3 is 2.16 bits per heavy atom. The van der Waals surface area contributed by atoms with Gasteiger partial charge < -0.3 is 14.8 Å². The largest absolute Gasteiger partial charge is 0.491 e. The third kappa shape index (κ3) is 3.68. The van der Waals surface area contributed by atoms with Crippen LogP contribution in [0.4, 0.5) is 10.1 Å². The number of fused-ring (bicyclic) bond motifs is 4. The molecule has 4 aromatic rings. The molecule has 0 aromatic heterocycles. The molecule has 1 spiro atoms. The smallest absolute Gasteiger partial charge is 0.240 e. The van der Waals surface area contributed by atoms with Gasteiger partial charge in [-0.25, -0.2) is 4.39 Å². The van der Waals surface area contributed by atoms with Crippen LogP contribution >= 0.6 is 0 Å².